The van der Waals surface area contributed by atoms with Gasteiger partial charge in [-0.1, -0.05) is 117 Å². The lowest BCUT2D eigenvalue weighted by molar-refractivity contribution is 0.0990. The van der Waals surface area contributed by atoms with Gasteiger partial charge in [0.2, 0.25) is 0 Å². The normalized spacial score (nSPS) is 14.0. The van der Waals surface area contributed by atoms with Gasteiger partial charge in [0.15, 0.2) is 46.1 Å². The van der Waals surface area contributed by atoms with Crippen molar-refractivity contribution in [1.29, 1.82) is 0 Å². The number of hydrogen-bond donors (Lipinski definition) is 4. The first-order valence-corrected chi connectivity index (χ1v) is 44.9. The lowest BCUT2D eigenvalue weighted by Crippen LogP contribution is -2.12. The van der Waals surface area contributed by atoms with Gasteiger partial charge >= 0.3 is 0 Å². The van der Waals surface area contributed by atoms with Gasteiger partial charge in [0.05, 0.1) is 48.1 Å². The summed E-state index contributed by atoms with van der Waals surface area (Å²) in [6.45, 7) is 11.8. The van der Waals surface area contributed by atoms with Crippen LogP contribution in [-0.2, 0) is 0 Å². The molecule has 0 aliphatic heterocycles. The average Bonchev–Trinajstić information content (AvgIpc) is 1.65. The Kier molecular flexibility index (Phi) is 26.9. The third-order valence-electron chi connectivity index (χ3n) is 24.9. The van der Waals surface area contributed by atoms with Crippen molar-refractivity contribution in [2.45, 2.75) is 168 Å². The summed E-state index contributed by atoms with van der Waals surface area (Å²) in [5, 5.41) is 12.2. The molecule has 0 bridgehead atoms. The number of nitrogens with one attached hydrogen (secondary N) is 4. The molecule has 4 aliphatic carbocycles. The summed E-state index contributed by atoms with van der Waals surface area (Å²) < 4.78 is 86.8. The average molecular weight is 1780 g/mol. The molecule has 0 saturated heterocycles. The van der Waals surface area contributed by atoms with Gasteiger partial charge < -0.3 is 57.2 Å². The van der Waals surface area contributed by atoms with Crippen molar-refractivity contribution >= 4 is 58.0 Å². The van der Waals surface area contributed by atoms with Crippen molar-refractivity contribution in [3.8, 4) is 90.8 Å². The highest BCUT2D eigenvalue weighted by molar-refractivity contribution is 6.31. The summed E-state index contributed by atoms with van der Waals surface area (Å²) >= 11 is 6.17. The first-order valence-electron chi connectivity index (χ1n) is 44.5. The quantitative estimate of drug-likeness (QED) is 0.0521. The van der Waals surface area contributed by atoms with Crippen LogP contribution in [0, 0.1) is 64.8 Å². The van der Waals surface area contributed by atoms with Crippen LogP contribution in [-0.4, -0.2) is 61.8 Å². The van der Waals surface area contributed by atoms with Crippen LogP contribution in [0.2, 0.25) is 5.02 Å². The Morgan fingerprint density at radius 3 is 0.924 bits per heavy atom. The van der Waals surface area contributed by atoms with Gasteiger partial charge in [-0.3, -0.25) is 19.2 Å². The van der Waals surface area contributed by atoms with E-state index in [-0.39, 0.29) is 69.9 Å². The van der Waals surface area contributed by atoms with Crippen LogP contribution in [0.4, 0.5) is 40.3 Å². The molecule has 666 valence electrons. The molecule has 16 aromatic rings. The molecule has 20 nitrogen and oxygen atoms in total. The predicted molar refractivity (Wildman–Crippen MR) is 502 cm³/mol. The van der Waals surface area contributed by atoms with Gasteiger partial charge in [0.1, 0.15) is 46.0 Å². The summed E-state index contributed by atoms with van der Waals surface area (Å²) in [5.41, 5.74) is 18.3. The van der Waals surface area contributed by atoms with Crippen LogP contribution in [0.3, 0.4) is 0 Å². The Balaban J connectivity index is 0.000000122. The Hall–Kier alpha value is -14.4. The van der Waals surface area contributed by atoms with E-state index in [2.05, 4.69) is 59.5 Å². The minimum atomic E-state index is -0.364. The number of aromatic nitrogens is 8. The number of carbonyl (C=O) groups is 4. The summed E-state index contributed by atoms with van der Waals surface area (Å²) in [7, 11) is 0. The van der Waals surface area contributed by atoms with Gasteiger partial charge in [-0.15, -0.1) is 0 Å². The molecule has 8 heterocycles. The number of imidazole rings is 4. The number of para-hydroxylation sites is 1. The zero-order valence-corrected chi connectivity index (χ0v) is 74.3. The molecular formula is C106H99ClF4N12O8. The fourth-order valence-corrected chi connectivity index (χ4v) is 18.0. The lowest BCUT2D eigenvalue weighted by Gasteiger charge is -2.15. The second-order valence-electron chi connectivity index (χ2n) is 34.1. The fraction of sp³-hybridized carbons (Fsp3) is 0.245. The Bertz CT molecular complexity index is 6770. The van der Waals surface area contributed by atoms with Crippen molar-refractivity contribution in [2.24, 2.45) is 0 Å². The SMILES string of the molecule is Cc1ccc(C)c(NC(=O)c2ccc(-c3c(-c4ccc(F)cc4)ncn3C3CCCC3)o2)c1.Cc1ccc(NC(=O)c2ccc(-c3c(-c4ccc(F)cc4)ncn3C3CCCC3)o2)c(C)c1.Cc1ccc(NC(=O)c2ccc(-c3c(-c4ccc(F)cc4)ncn3C3CCCC3)o2)cc1Cl.Cc1ccccc1NC(=O)c1ccc(-c2c(-c3ccc(F)cc3)ncn2C2CCCC2)o1. The molecule has 4 aliphatic rings. The molecule has 4 saturated carbocycles. The number of benzene rings is 8. The number of hydrogen-bond acceptors (Lipinski definition) is 12. The van der Waals surface area contributed by atoms with Crippen LogP contribution < -0.4 is 21.3 Å². The van der Waals surface area contributed by atoms with Gasteiger partial charge in [-0.05, 0) is 297 Å². The monoisotopic (exact) mass is 1780 g/mol. The molecule has 0 unspecified atom stereocenters. The Morgan fingerprint density at radius 2 is 0.595 bits per heavy atom. The van der Waals surface area contributed by atoms with Crippen molar-refractivity contribution < 1.29 is 54.4 Å². The van der Waals surface area contributed by atoms with E-state index in [1.165, 1.54) is 99.9 Å². The highest BCUT2D eigenvalue weighted by Gasteiger charge is 2.32. The molecular weight excluding hydrogens is 1680 g/mol. The molecule has 0 spiro atoms. The predicted octanol–water partition coefficient (Wildman–Crippen LogP) is 27.8. The number of amides is 4. The summed E-state index contributed by atoms with van der Waals surface area (Å²) in [4.78, 5) is 70.1. The van der Waals surface area contributed by atoms with E-state index in [1.54, 1.807) is 91.0 Å². The topological polar surface area (TPSA) is 240 Å². The summed E-state index contributed by atoms with van der Waals surface area (Å²) in [6, 6.07) is 65.2. The number of carbonyl (C=O) groups excluding carboxylic acids is 4. The minimum Gasteiger partial charge on any atom is -0.449 e. The molecule has 25 heteroatoms. The van der Waals surface area contributed by atoms with Crippen molar-refractivity contribution in [1.82, 2.24) is 38.2 Å². The van der Waals surface area contributed by atoms with E-state index in [4.69, 9.17) is 29.3 Å². The molecule has 0 atom stereocenters. The standard InChI is InChI=1S/2C27H26FN3O2.C26H23ClFN3O2.C26H24FN3O2/c1-17-7-12-22(18(2)15-17)30-27(32)24-14-13-23(33-24)26-25(19-8-10-20(28)11-9-19)29-16-31(26)21-5-3-4-6-21;1-17-7-8-18(2)22(15-17)30-27(32)24-14-13-23(33-24)26-25(19-9-11-20(28)12-10-19)29-16-31(26)21-5-3-4-6-21;1-16-6-11-19(14-21(16)27)30-26(32)23-13-12-22(33-23)25-24(17-7-9-18(28)10-8-17)29-15-31(25)20-4-2-3-5-20;1-17-6-2-5-9-21(17)29-26(31)23-15-14-22(32-23)25-24(18-10-12-19(27)13-11-18)28-16-30(25)20-7-3-4-8-20/h2*7-16,21H,3-6H2,1-2H3,(H,30,32);6-15,20H,2-5H2,1H3,(H,30,32);2,5-6,9-16,20H,3-4,7-8H2,1H3,(H,29,31). The Morgan fingerprint density at radius 1 is 0.305 bits per heavy atom. The molecule has 4 fully saturated rings. The number of rotatable bonds is 20. The number of halogens is 5. The fourth-order valence-electron chi connectivity index (χ4n) is 17.8. The first-order chi connectivity index (χ1) is 63.6. The van der Waals surface area contributed by atoms with E-state index < -0.39 is 0 Å². The summed E-state index contributed by atoms with van der Waals surface area (Å²) in [5.74, 6) is 0.692. The third-order valence-corrected chi connectivity index (χ3v) is 25.3. The molecule has 20 rings (SSSR count). The Labute approximate surface area is 761 Å². The van der Waals surface area contributed by atoms with E-state index in [9.17, 15) is 36.7 Å². The molecule has 4 amide bonds. The number of aryl methyl sites for hydroxylation is 6. The van der Waals surface area contributed by atoms with E-state index in [0.717, 1.165) is 164 Å². The zero-order chi connectivity index (χ0) is 90.9. The maximum absolute atomic E-state index is 13.5. The molecule has 4 N–H and O–H groups in total. The number of anilines is 4. The van der Waals surface area contributed by atoms with Crippen LogP contribution in [0.1, 0.15) is 203 Å². The van der Waals surface area contributed by atoms with Crippen molar-refractivity contribution in [3.63, 3.8) is 0 Å². The smallest absolute Gasteiger partial charge is 0.291 e. The van der Waals surface area contributed by atoms with Crippen molar-refractivity contribution in [3.05, 3.63) is 334 Å². The van der Waals surface area contributed by atoms with Gasteiger partial charge in [-0.25, -0.2) is 37.5 Å². The molecule has 8 aromatic carbocycles. The van der Waals surface area contributed by atoms with E-state index in [1.807, 2.05) is 152 Å². The van der Waals surface area contributed by atoms with Gasteiger partial charge in [-0.2, -0.15) is 0 Å². The molecule has 0 radical (unpaired) electrons. The van der Waals surface area contributed by atoms with Crippen molar-refractivity contribution in [2.75, 3.05) is 21.3 Å². The third kappa shape index (κ3) is 20.2. The van der Waals surface area contributed by atoms with Crippen LogP contribution in [0.15, 0.2) is 267 Å². The van der Waals surface area contributed by atoms with Crippen LogP contribution in [0.5, 0.6) is 0 Å². The molecule has 131 heavy (non-hydrogen) atoms. The highest BCUT2D eigenvalue weighted by Crippen LogP contribution is 2.45. The van der Waals surface area contributed by atoms with Gasteiger partial charge in [0, 0.05) is 74.2 Å². The minimum absolute atomic E-state index is 0.186. The largest absolute Gasteiger partial charge is 0.449 e. The summed E-state index contributed by atoms with van der Waals surface area (Å²) in [6.07, 6.45) is 25.3. The second-order valence-corrected chi connectivity index (χ2v) is 34.5. The maximum atomic E-state index is 13.5. The number of nitrogens with zero attached hydrogens (tertiary/aromatic N) is 8. The van der Waals surface area contributed by atoms with Crippen LogP contribution in [0.25, 0.3) is 90.8 Å². The lowest BCUT2D eigenvalue weighted by atomic mass is 10.1. The van der Waals surface area contributed by atoms with E-state index >= 15 is 0 Å². The highest BCUT2D eigenvalue weighted by atomic mass is 35.5. The van der Waals surface area contributed by atoms with Crippen LogP contribution >= 0.6 is 11.6 Å². The zero-order valence-electron chi connectivity index (χ0n) is 73.5. The van der Waals surface area contributed by atoms with Gasteiger partial charge in [0.25, 0.3) is 23.6 Å². The maximum Gasteiger partial charge on any atom is 0.291 e. The first kappa shape index (κ1) is 88.6. The number of furan rings is 4. The van der Waals surface area contributed by atoms with E-state index in [0.29, 0.717) is 63.6 Å². The second kappa shape index (κ2) is 39.7. The molecule has 8 aromatic heterocycles.